The number of aliphatic hydroxyl groups is 2. The van der Waals surface area contributed by atoms with E-state index in [1.165, 1.54) is 180 Å². The normalized spacial score (nSPS) is 13.2. The lowest BCUT2D eigenvalue weighted by Crippen LogP contribution is -2.46. The standard InChI is InChI=1S/C47H93NO5/c1-4-7-10-13-16-19-21-22-23-25-28-31-34-37-40-47(52)53-43(38-35-32-29-26-18-15-12-9-6-3)41-46(51)48-44(42-49)45(50)39-36-33-30-27-24-20-17-14-11-8-5-2/h43-45,49-50H,4-42H2,1-3H3,(H,48,51). The summed E-state index contributed by atoms with van der Waals surface area (Å²) in [5.74, 6) is -0.458. The van der Waals surface area contributed by atoms with Crippen LogP contribution in [-0.4, -0.2) is 46.9 Å². The summed E-state index contributed by atoms with van der Waals surface area (Å²) in [6.45, 7) is 6.47. The van der Waals surface area contributed by atoms with Crippen molar-refractivity contribution in [3.05, 3.63) is 0 Å². The lowest BCUT2D eigenvalue weighted by Gasteiger charge is -2.24. The van der Waals surface area contributed by atoms with Gasteiger partial charge < -0.3 is 20.3 Å². The average molecular weight is 752 g/mol. The van der Waals surface area contributed by atoms with Gasteiger partial charge in [0.15, 0.2) is 0 Å². The third kappa shape index (κ3) is 37.6. The number of rotatable bonds is 43. The second-order valence-electron chi connectivity index (χ2n) is 16.5. The molecule has 6 nitrogen and oxygen atoms in total. The monoisotopic (exact) mass is 752 g/mol. The van der Waals surface area contributed by atoms with Gasteiger partial charge in [0.05, 0.1) is 25.2 Å². The van der Waals surface area contributed by atoms with Crippen molar-refractivity contribution in [3.8, 4) is 0 Å². The van der Waals surface area contributed by atoms with Crippen LogP contribution in [0.25, 0.3) is 0 Å². The highest BCUT2D eigenvalue weighted by molar-refractivity contribution is 5.77. The van der Waals surface area contributed by atoms with Crippen LogP contribution >= 0.6 is 0 Å². The van der Waals surface area contributed by atoms with Crippen LogP contribution in [0.1, 0.15) is 265 Å². The molecule has 316 valence electrons. The molecule has 53 heavy (non-hydrogen) atoms. The molecule has 0 spiro atoms. The molecule has 0 bridgehead atoms. The minimum atomic E-state index is -0.777. The van der Waals surface area contributed by atoms with Crippen LogP contribution in [0.15, 0.2) is 0 Å². The van der Waals surface area contributed by atoms with Crippen molar-refractivity contribution in [1.29, 1.82) is 0 Å². The van der Waals surface area contributed by atoms with Crippen LogP contribution in [0.4, 0.5) is 0 Å². The van der Waals surface area contributed by atoms with Crippen molar-refractivity contribution >= 4 is 11.9 Å². The molecule has 0 saturated heterocycles. The topological polar surface area (TPSA) is 95.9 Å². The zero-order chi connectivity index (χ0) is 38.9. The number of ether oxygens (including phenoxy) is 1. The van der Waals surface area contributed by atoms with Gasteiger partial charge in [-0.05, 0) is 25.7 Å². The Bertz CT molecular complexity index is 761. The largest absolute Gasteiger partial charge is 0.462 e. The van der Waals surface area contributed by atoms with Crippen molar-refractivity contribution in [2.75, 3.05) is 6.61 Å². The molecule has 0 aliphatic heterocycles. The Morgan fingerprint density at radius 2 is 0.792 bits per heavy atom. The third-order valence-electron chi connectivity index (χ3n) is 11.2. The molecule has 0 aromatic rings. The van der Waals surface area contributed by atoms with Crippen molar-refractivity contribution in [3.63, 3.8) is 0 Å². The van der Waals surface area contributed by atoms with Crippen molar-refractivity contribution in [2.45, 2.75) is 283 Å². The number of nitrogens with one attached hydrogen (secondary N) is 1. The van der Waals surface area contributed by atoms with E-state index in [4.69, 9.17) is 4.74 Å². The molecule has 6 heteroatoms. The van der Waals surface area contributed by atoms with Crippen LogP contribution in [0, 0.1) is 0 Å². The highest BCUT2D eigenvalue weighted by atomic mass is 16.5. The van der Waals surface area contributed by atoms with Gasteiger partial charge in [0.1, 0.15) is 6.10 Å². The van der Waals surface area contributed by atoms with Crippen LogP contribution in [-0.2, 0) is 14.3 Å². The number of unbranched alkanes of at least 4 members (excludes halogenated alkanes) is 31. The first-order valence-corrected chi connectivity index (χ1v) is 23.8. The summed E-state index contributed by atoms with van der Waals surface area (Å²) in [4.78, 5) is 26.0. The molecule has 1 amide bonds. The van der Waals surface area contributed by atoms with Gasteiger partial charge in [0.25, 0.3) is 0 Å². The molecule has 0 aromatic heterocycles. The number of carbonyl (C=O) groups excluding carboxylic acids is 2. The fourth-order valence-corrected chi connectivity index (χ4v) is 7.55. The second-order valence-corrected chi connectivity index (χ2v) is 16.5. The quantitative estimate of drug-likeness (QED) is 0.0426. The SMILES string of the molecule is CCCCCCCCCCCCCCCCC(=O)OC(CCCCCCCCCCC)CC(=O)NC(CO)C(O)CCCCCCCCCCCCC. The number of aliphatic hydroxyl groups excluding tert-OH is 2. The molecule has 0 rings (SSSR count). The van der Waals surface area contributed by atoms with E-state index < -0.39 is 18.2 Å². The Hall–Kier alpha value is -1.14. The Morgan fingerprint density at radius 3 is 1.15 bits per heavy atom. The van der Waals surface area contributed by atoms with E-state index in [1.54, 1.807) is 0 Å². The first kappa shape index (κ1) is 51.9. The highest BCUT2D eigenvalue weighted by Gasteiger charge is 2.24. The van der Waals surface area contributed by atoms with E-state index in [0.717, 1.165) is 38.5 Å². The van der Waals surface area contributed by atoms with Gasteiger partial charge in [-0.25, -0.2) is 0 Å². The maximum Gasteiger partial charge on any atom is 0.306 e. The Kier molecular flexibility index (Phi) is 41.1. The van der Waals surface area contributed by atoms with E-state index in [0.29, 0.717) is 19.3 Å². The summed E-state index contributed by atoms with van der Waals surface area (Å²) < 4.78 is 5.90. The summed E-state index contributed by atoms with van der Waals surface area (Å²) in [6.07, 6.45) is 43.0. The van der Waals surface area contributed by atoms with Gasteiger partial charge in [0, 0.05) is 6.42 Å². The van der Waals surface area contributed by atoms with Crippen molar-refractivity contribution in [2.24, 2.45) is 0 Å². The van der Waals surface area contributed by atoms with E-state index in [2.05, 4.69) is 26.1 Å². The second kappa shape index (κ2) is 42.0. The fourth-order valence-electron chi connectivity index (χ4n) is 7.55. The van der Waals surface area contributed by atoms with E-state index >= 15 is 0 Å². The fraction of sp³-hybridized carbons (Fsp3) is 0.957. The van der Waals surface area contributed by atoms with E-state index in [-0.39, 0.29) is 24.9 Å². The maximum atomic E-state index is 13.1. The number of carbonyl (C=O) groups is 2. The van der Waals surface area contributed by atoms with E-state index in [1.807, 2.05) is 0 Å². The number of amides is 1. The molecular weight excluding hydrogens is 659 g/mol. The molecular formula is C47H93NO5. The maximum absolute atomic E-state index is 13.1. The Balaban J connectivity index is 4.46. The molecule has 3 unspecified atom stereocenters. The Morgan fingerprint density at radius 1 is 0.472 bits per heavy atom. The smallest absolute Gasteiger partial charge is 0.306 e. The molecule has 0 saturated carbocycles. The molecule has 0 aliphatic rings. The van der Waals surface area contributed by atoms with Gasteiger partial charge >= 0.3 is 5.97 Å². The summed E-state index contributed by atoms with van der Waals surface area (Å²) >= 11 is 0. The summed E-state index contributed by atoms with van der Waals surface area (Å²) in [7, 11) is 0. The molecule has 0 aliphatic carbocycles. The molecule has 3 atom stereocenters. The minimum absolute atomic E-state index is 0.0865. The lowest BCUT2D eigenvalue weighted by atomic mass is 10.0. The van der Waals surface area contributed by atoms with Crippen LogP contribution in [0.3, 0.4) is 0 Å². The summed E-state index contributed by atoms with van der Waals surface area (Å²) in [6, 6.07) is -0.690. The molecule has 0 fully saturated rings. The van der Waals surface area contributed by atoms with Gasteiger partial charge in [-0.3, -0.25) is 9.59 Å². The van der Waals surface area contributed by atoms with Gasteiger partial charge in [-0.2, -0.15) is 0 Å². The lowest BCUT2D eigenvalue weighted by molar-refractivity contribution is -0.151. The zero-order valence-corrected chi connectivity index (χ0v) is 35.9. The summed E-state index contributed by atoms with van der Waals surface area (Å²) in [5.41, 5.74) is 0. The average Bonchev–Trinajstić information content (AvgIpc) is 3.15. The predicted octanol–water partition coefficient (Wildman–Crippen LogP) is 13.6. The summed E-state index contributed by atoms with van der Waals surface area (Å²) in [5, 5.41) is 23.6. The van der Waals surface area contributed by atoms with Crippen molar-refractivity contribution < 1.29 is 24.5 Å². The zero-order valence-electron chi connectivity index (χ0n) is 35.9. The molecule has 0 radical (unpaired) electrons. The minimum Gasteiger partial charge on any atom is -0.462 e. The first-order valence-electron chi connectivity index (χ1n) is 23.8. The van der Waals surface area contributed by atoms with Crippen LogP contribution in [0.2, 0.25) is 0 Å². The van der Waals surface area contributed by atoms with E-state index in [9.17, 15) is 19.8 Å². The predicted molar refractivity (Wildman–Crippen MR) is 227 cm³/mol. The van der Waals surface area contributed by atoms with Gasteiger partial charge in [-0.1, -0.05) is 226 Å². The van der Waals surface area contributed by atoms with Crippen LogP contribution < -0.4 is 5.32 Å². The highest BCUT2D eigenvalue weighted by Crippen LogP contribution is 2.18. The Labute approximate surface area is 330 Å². The van der Waals surface area contributed by atoms with Crippen molar-refractivity contribution in [1.82, 2.24) is 5.32 Å². The molecule has 0 aromatic carbocycles. The van der Waals surface area contributed by atoms with Gasteiger partial charge in [-0.15, -0.1) is 0 Å². The third-order valence-corrected chi connectivity index (χ3v) is 11.2. The first-order chi connectivity index (χ1) is 26.0. The number of hydrogen-bond acceptors (Lipinski definition) is 5. The number of hydrogen-bond donors (Lipinski definition) is 3. The van der Waals surface area contributed by atoms with Crippen LogP contribution in [0.5, 0.6) is 0 Å². The van der Waals surface area contributed by atoms with Gasteiger partial charge in [0.2, 0.25) is 5.91 Å². The molecule has 0 heterocycles. The number of esters is 1. The molecule has 3 N–H and O–H groups in total.